The minimum absolute atomic E-state index is 0.109. The van der Waals surface area contributed by atoms with Crippen molar-refractivity contribution in [2.24, 2.45) is 0 Å². The highest BCUT2D eigenvalue weighted by molar-refractivity contribution is 8.00. The van der Waals surface area contributed by atoms with Crippen molar-refractivity contribution in [3.8, 4) is 0 Å². The van der Waals surface area contributed by atoms with Crippen LogP contribution in [-0.2, 0) is 6.54 Å². The van der Waals surface area contributed by atoms with Crippen LogP contribution in [-0.4, -0.2) is 46.9 Å². The first-order valence-corrected chi connectivity index (χ1v) is 12.0. The van der Waals surface area contributed by atoms with Crippen LogP contribution in [0, 0.1) is 0 Å². The van der Waals surface area contributed by atoms with E-state index in [1.54, 1.807) is 0 Å². The molecule has 1 amide bonds. The van der Waals surface area contributed by atoms with E-state index in [1.807, 2.05) is 59.6 Å². The lowest BCUT2D eigenvalue weighted by atomic mass is 10.1. The van der Waals surface area contributed by atoms with Crippen LogP contribution in [0.4, 0.5) is 5.69 Å². The highest BCUT2D eigenvalue weighted by Gasteiger charge is 2.22. The first-order valence-electron chi connectivity index (χ1n) is 11.2. The summed E-state index contributed by atoms with van der Waals surface area (Å²) >= 11 is 1.52. The average Bonchev–Trinajstić information content (AvgIpc) is 2.88. The van der Waals surface area contributed by atoms with E-state index in [2.05, 4.69) is 51.0 Å². The molecule has 3 aromatic carbocycles. The summed E-state index contributed by atoms with van der Waals surface area (Å²) in [6.45, 7) is 4.27. The summed E-state index contributed by atoms with van der Waals surface area (Å²) < 4.78 is 3.34. The van der Waals surface area contributed by atoms with Gasteiger partial charge in [-0.2, -0.15) is 0 Å². The number of nitrogens with one attached hydrogen (secondary N) is 1. The van der Waals surface area contributed by atoms with Gasteiger partial charge in [-0.25, -0.2) is 0 Å². The highest BCUT2D eigenvalue weighted by atomic mass is 32.2. The van der Waals surface area contributed by atoms with E-state index in [-0.39, 0.29) is 5.91 Å². The van der Waals surface area contributed by atoms with Gasteiger partial charge in [0.2, 0.25) is 0 Å². The Kier molecular flexibility index (Phi) is 6.56. The van der Waals surface area contributed by atoms with Crippen molar-refractivity contribution in [3.05, 3.63) is 102 Å². The molecule has 0 bridgehead atoms. The third-order valence-electron chi connectivity index (χ3n) is 5.89. The SMILES string of the molecule is O=C(c1ccc(SNc2cnc3ccccc3c2)cc1)N1CCN(Cc2ccccc2)CC1. The van der Waals surface area contributed by atoms with Crippen molar-refractivity contribution in [1.29, 1.82) is 0 Å². The second-order valence-electron chi connectivity index (χ2n) is 8.20. The fourth-order valence-corrected chi connectivity index (χ4v) is 4.66. The van der Waals surface area contributed by atoms with Gasteiger partial charge in [0.15, 0.2) is 0 Å². The van der Waals surface area contributed by atoms with Crippen LogP contribution in [0.1, 0.15) is 15.9 Å². The molecule has 0 saturated carbocycles. The maximum atomic E-state index is 13.0. The molecule has 5 nitrogen and oxygen atoms in total. The van der Waals surface area contributed by atoms with Crippen molar-refractivity contribution in [2.75, 3.05) is 30.9 Å². The molecule has 5 rings (SSSR count). The highest BCUT2D eigenvalue weighted by Crippen LogP contribution is 2.24. The zero-order valence-corrected chi connectivity index (χ0v) is 19.2. The Bertz CT molecular complexity index is 1220. The summed E-state index contributed by atoms with van der Waals surface area (Å²) in [7, 11) is 0. The van der Waals surface area contributed by atoms with E-state index >= 15 is 0 Å². The van der Waals surface area contributed by atoms with E-state index in [4.69, 9.17) is 0 Å². The standard InChI is InChI=1S/C27H26N4OS/c32-27(31-16-14-30(15-17-31)20-21-6-2-1-3-7-21)22-10-12-25(13-11-22)33-29-24-18-23-8-4-5-9-26(23)28-19-24/h1-13,18-19,29H,14-17,20H2. The number of carbonyl (C=O) groups is 1. The Morgan fingerprint density at radius 1 is 0.879 bits per heavy atom. The van der Waals surface area contributed by atoms with Crippen LogP contribution < -0.4 is 4.72 Å². The van der Waals surface area contributed by atoms with E-state index in [1.165, 1.54) is 17.5 Å². The molecule has 33 heavy (non-hydrogen) atoms. The number of hydrogen-bond acceptors (Lipinski definition) is 5. The summed E-state index contributed by atoms with van der Waals surface area (Å²) in [4.78, 5) is 22.9. The van der Waals surface area contributed by atoms with Gasteiger partial charge < -0.3 is 9.62 Å². The molecule has 0 aliphatic carbocycles. The number of aromatic nitrogens is 1. The molecule has 6 heteroatoms. The number of piperazine rings is 1. The van der Waals surface area contributed by atoms with Gasteiger partial charge in [-0.3, -0.25) is 14.7 Å². The van der Waals surface area contributed by atoms with Crippen LogP contribution in [0.25, 0.3) is 10.9 Å². The van der Waals surface area contributed by atoms with Gasteiger partial charge in [0.25, 0.3) is 5.91 Å². The maximum absolute atomic E-state index is 13.0. The minimum atomic E-state index is 0.109. The third kappa shape index (κ3) is 5.35. The largest absolute Gasteiger partial charge is 0.336 e. The van der Waals surface area contributed by atoms with Gasteiger partial charge in [-0.15, -0.1) is 0 Å². The van der Waals surface area contributed by atoms with Crippen molar-refractivity contribution in [1.82, 2.24) is 14.8 Å². The Labute approximate surface area is 198 Å². The number of rotatable bonds is 6. The van der Waals surface area contributed by atoms with E-state index < -0.39 is 0 Å². The Morgan fingerprint density at radius 3 is 2.39 bits per heavy atom. The number of hydrogen-bond donors (Lipinski definition) is 1. The second kappa shape index (κ2) is 10.1. The number of para-hydroxylation sites is 1. The van der Waals surface area contributed by atoms with Gasteiger partial charge in [0.05, 0.1) is 17.4 Å². The number of anilines is 1. The number of pyridine rings is 1. The summed E-state index contributed by atoms with van der Waals surface area (Å²) in [5.74, 6) is 0.109. The topological polar surface area (TPSA) is 48.5 Å². The first kappa shape index (κ1) is 21.5. The van der Waals surface area contributed by atoms with E-state index in [0.717, 1.165) is 59.8 Å². The lowest BCUT2D eigenvalue weighted by molar-refractivity contribution is 0.0628. The molecule has 4 aromatic rings. The van der Waals surface area contributed by atoms with Crippen molar-refractivity contribution >= 4 is 34.4 Å². The molecule has 166 valence electrons. The zero-order chi connectivity index (χ0) is 22.5. The molecule has 0 spiro atoms. The number of amides is 1. The van der Waals surface area contributed by atoms with Gasteiger partial charge >= 0.3 is 0 Å². The third-order valence-corrected chi connectivity index (χ3v) is 6.73. The molecule has 0 atom stereocenters. The second-order valence-corrected chi connectivity index (χ2v) is 9.08. The average molecular weight is 455 g/mol. The molecule has 1 aliphatic heterocycles. The lowest BCUT2D eigenvalue weighted by Gasteiger charge is -2.34. The number of benzene rings is 3. The molecule has 2 heterocycles. The van der Waals surface area contributed by atoms with Crippen molar-refractivity contribution < 1.29 is 4.79 Å². The zero-order valence-electron chi connectivity index (χ0n) is 18.4. The first-order chi connectivity index (χ1) is 16.2. The van der Waals surface area contributed by atoms with Crippen LogP contribution in [0.15, 0.2) is 96.0 Å². The quantitative estimate of drug-likeness (QED) is 0.400. The Balaban J connectivity index is 1.13. The van der Waals surface area contributed by atoms with E-state index in [9.17, 15) is 4.79 Å². The maximum Gasteiger partial charge on any atom is 0.253 e. The van der Waals surface area contributed by atoms with E-state index in [0.29, 0.717) is 0 Å². The number of nitrogens with zero attached hydrogens (tertiary/aromatic N) is 3. The molecule has 1 N–H and O–H groups in total. The molecule has 1 aromatic heterocycles. The normalized spacial score (nSPS) is 14.4. The summed E-state index contributed by atoms with van der Waals surface area (Å²) in [5.41, 5.74) is 3.99. The molecule has 1 fully saturated rings. The predicted octanol–water partition coefficient (Wildman–Crippen LogP) is 5.31. The Hall–Kier alpha value is -3.35. The fraction of sp³-hybridized carbons (Fsp3) is 0.185. The summed E-state index contributed by atoms with van der Waals surface area (Å²) in [5, 5.41) is 1.10. The summed E-state index contributed by atoms with van der Waals surface area (Å²) in [6, 6.07) is 28.5. The number of carbonyl (C=O) groups excluding carboxylic acids is 1. The van der Waals surface area contributed by atoms with Crippen LogP contribution in [0.5, 0.6) is 0 Å². The molecule has 1 saturated heterocycles. The van der Waals surface area contributed by atoms with Gasteiger partial charge in [0, 0.05) is 48.6 Å². The van der Waals surface area contributed by atoms with Crippen LogP contribution in [0.2, 0.25) is 0 Å². The molecular formula is C27H26N4OS. The van der Waals surface area contributed by atoms with Gasteiger partial charge in [-0.05, 0) is 53.9 Å². The lowest BCUT2D eigenvalue weighted by Crippen LogP contribution is -2.48. The van der Waals surface area contributed by atoms with Gasteiger partial charge in [0.1, 0.15) is 0 Å². The van der Waals surface area contributed by atoms with Gasteiger partial charge in [-0.1, -0.05) is 48.5 Å². The smallest absolute Gasteiger partial charge is 0.253 e. The van der Waals surface area contributed by atoms with Crippen molar-refractivity contribution in [3.63, 3.8) is 0 Å². The van der Waals surface area contributed by atoms with Crippen molar-refractivity contribution in [2.45, 2.75) is 11.4 Å². The predicted molar refractivity (Wildman–Crippen MR) is 135 cm³/mol. The van der Waals surface area contributed by atoms with Crippen LogP contribution >= 0.6 is 11.9 Å². The minimum Gasteiger partial charge on any atom is -0.336 e. The Morgan fingerprint density at radius 2 is 1.61 bits per heavy atom. The molecule has 1 aliphatic rings. The van der Waals surface area contributed by atoms with Crippen LogP contribution in [0.3, 0.4) is 0 Å². The fourth-order valence-electron chi connectivity index (χ4n) is 4.04. The summed E-state index contributed by atoms with van der Waals surface area (Å²) in [6.07, 6.45) is 1.84. The molecule has 0 radical (unpaired) electrons. The molecular weight excluding hydrogens is 428 g/mol. The monoisotopic (exact) mass is 454 g/mol. The number of fused-ring (bicyclic) bond motifs is 1. The molecule has 0 unspecified atom stereocenters.